The number of carbonyl (C=O) groups is 3. The van der Waals surface area contributed by atoms with Crippen molar-refractivity contribution in [3.63, 3.8) is 0 Å². The molecule has 4 bridgehead atoms. The van der Waals surface area contributed by atoms with Gasteiger partial charge < -0.3 is 24.0 Å². The molecule has 0 aromatic heterocycles. The minimum absolute atomic E-state index is 0.104. The van der Waals surface area contributed by atoms with E-state index in [2.05, 4.69) is 48.0 Å². The molecule has 0 aromatic rings. The van der Waals surface area contributed by atoms with Crippen molar-refractivity contribution in [2.75, 3.05) is 52.5 Å². The van der Waals surface area contributed by atoms with E-state index in [1.54, 1.807) is 0 Å². The van der Waals surface area contributed by atoms with Gasteiger partial charge in [-0.1, -0.05) is 76.7 Å². The number of hydrogen-bond acceptors (Lipinski definition) is 8. The summed E-state index contributed by atoms with van der Waals surface area (Å²) >= 11 is 0. The molecule has 1 unspecified atom stereocenters. The Morgan fingerprint density at radius 1 is 0.643 bits per heavy atom. The Bertz CT molecular complexity index is 1180. The highest BCUT2D eigenvalue weighted by Gasteiger charge is 2.51. The van der Waals surface area contributed by atoms with Gasteiger partial charge in [0.15, 0.2) is 0 Å². The van der Waals surface area contributed by atoms with E-state index in [1.807, 2.05) is 0 Å². The molecule has 318 valence electrons. The summed E-state index contributed by atoms with van der Waals surface area (Å²) in [5, 5.41) is 0. The molecule has 2 aliphatic heterocycles. The number of allylic oxidation sites excluding steroid dienone is 4. The second-order valence-electron chi connectivity index (χ2n) is 18.8. The van der Waals surface area contributed by atoms with Gasteiger partial charge in [0, 0.05) is 12.5 Å². The van der Waals surface area contributed by atoms with Gasteiger partial charge in [0.05, 0.1) is 18.3 Å². The summed E-state index contributed by atoms with van der Waals surface area (Å²) in [6, 6.07) is 0.622. The molecule has 4 saturated carbocycles. The average molecular weight is 781 g/mol. The number of rotatable bonds is 26. The third-order valence-corrected chi connectivity index (χ3v) is 14.1. The zero-order chi connectivity index (χ0) is 39.4. The van der Waals surface area contributed by atoms with Crippen LogP contribution >= 0.6 is 0 Å². The molecule has 56 heavy (non-hydrogen) atoms. The summed E-state index contributed by atoms with van der Waals surface area (Å²) in [5.74, 6) is 1.36. The first-order valence-corrected chi connectivity index (χ1v) is 23.6. The highest BCUT2D eigenvalue weighted by molar-refractivity contribution is 5.72. The summed E-state index contributed by atoms with van der Waals surface area (Å²) in [5.41, 5.74) is 0.115. The Labute approximate surface area is 341 Å². The second kappa shape index (κ2) is 24.7. The predicted molar refractivity (Wildman–Crippen MR) is 225 cm³/mol. The van der Waals surface area contributed by atoms with Crippen LogP contribution in [0.5, 0.6) is 0 Å². The Balaban J connectivity index is 0.972. The molecule has 2 heterocycles. The molecular weight excluding hydrogens is 701 g/mol. The van der Waals surface area contributed by atoms with Gasteiger partial charge in [-0.05, 0) is 159 Å². The summed E-state index contributed by atoms with van der Waals surface area (Å²) in [4.78, 5) is 44.4. The van der Waals surface area contributed by atoms with Crippen LogP contribution in [0.3, 0.4) is 0 Å². The lowest BCUT2D eigenvalue weighted by molar-refractivity contribution is -0.159. The van der Waals surface area contributed by atoms with Crippen LogP contribution in [-0.2, 0) is 28.6 Å². The molecule has 8 nitrogen and oxygen atoms in total. The zero-order valence-electron chi connectivity index (χ0n) is 35.7. The van der Waals surface area contributed by atoms with Crippen LogP contribution in [0.4, 0.5) is 0 Å². The largest absolute Gasteiger partial charge is 0.465 e. The summed E-state index contributed by atoms with van der Waals surface area (Å²) in [6.07, 6.45) is 35.6. The maximum atomic E-state index is 13.3. The van der Waals surface area contributed by atoms with E-state index in [9.17, 15) is 14.4 Å². The molecule has 2 saturated heterocycles. The van der Waals surface area contributed by atoms with Crippen LogP contribution < -0.4 is 0 Å². The van der Waals surface area contributed by atoms with Gasteiger partial charge in [0.25, 0.3) is 0 Å². The fourth-order valence-corrected chi connectivity index (χ4v) is 11.2. The lowest BCUT2D eigenvalue weighted by Crippen LogP contribution is -2.48. The van der Waals surface area contributed by atoms with Crippen LogP contribution in [-0.4, -0.2) is 86.3 Å². The van der Waals surface area contributed by atoms with Gasteiger partial charge in [-0.3, -0.25) is 14.4 Å². The van der Waals surface area contributed by atoms with Gasteiger partial charge >= 0.3 is 17.9 Å². The lowest BCUT2D eigenvalue weighted by atomic mass is 9.49. The van der Waals surface area contributed by atoms with E-state index >= 15 is 0 Å². The third-order valence-electron chi connectivity index (χ3n) is 14.1. The molecule has 6 rings (SSSR count). The molecule has 0 amide bonds. The molecule has 8 heteroatoms. The molecule has 0 radical (unpaired) electrons. The number of likely N-dealkylation sites (tertiary alicyclic amines) is 2. The average Bonchev–Trinajstić information content (AvgIpc) is 3.19. The van der Waals surface area contributed by atoms with Crippen molar-refractivity contribution >= 4 is 17.9 Å². The predicted octanol–water partition coefficient (Wildman–Crippen LogP) is 10.2. The van der Waals surface area contributed by atoms with E-state index in [1.165, 1.54) is 109 Å². The minimum atomic E-state index is -0.358. The molecule has 4 aliphatic carbocycles. The second-order valence-corrected chi connectivity index (χ2v) is 18.8. The minimum Gasteiger partial charge on any atom is -0.465 e. The number of hydrogen-bond donors (Lipinski definition) is 0. The van der Waals surface area contributed by atoms with E-state index in [4.69, 9.17) is 14.2 Å². The van der Waals surface area contributed by atoms with Crippen molar-refractivity contribution in [2.45, 2.75) is 174 Å². The highest BCUT2D eigenvalue weighted by Crippen LogP contribution is 2.61. The van der Waals surface area contributed by atoms with Crippen LogP contribution in [0, 0.1) is 35.0 Å². The topological polar surface area (TPSA) is 85.4 Å². The molecule has 0 aromatic carbocycles. The standard InChI is InChI=1S/C48H80N2O6/c1-3-5-6-7-8-9-10-11-12-13-14-15-16-17-18-19-20-45(51)54-36-42(37-55-46(52)35-48-32-39-29-40(33-48)31-41(30-39)34-48)38-56-47(53)43-21-27-50(28-22-43)44-23-25-49(4-2)26-24-44/h8-9,11-12,39-44H,3-7,10,13-38H2,1-2H3/b9-8-,12-11-. The van der Waals surface area contributed by atoms with Gasteiger partial charge in [-0.2, -0.15) is 0 Å². The Morgan fingerprint density at radius 2 is 1.20 bits per heavy atom. The Hall–Kier alpha value is -2.19. The SMILES string of the molecule is CCCCC/C=C\C/C=C\CCCCCCCCC(=O)OCC(COC(=O)CC12CC3CC(CC(C3)C1)C2)COC(=O)C1CCN(C2CCN(CC)CC2)CC1. The highest BCUT2D eigenvalue weighted by atomic mass is 16.6. The Kier molecular flexibility index (Phi) is 19.8. The number of ether oxygens (including phenoxy) is 3. The van der Waals surface area contributed by atoms with E-state index in [-0.39, 0.29) is 55.0 Å². The Morgan fingerprint density at radius 3 is 1.80 bits per heavy atom. The van der Waals surface area contributed by atoms with Gasteiger partial charge in [-0.15, -0.1) is 0 Å². The third kappa shape index (κ3) is 15.5. The fraction of sp³-hybridized carbons (Fsp3) is 0.854. The maximum Gasteiger partial charge on any atom is 0.309 e. The summed E-state index contributed by atoms with van der Waals surface area (Å²) in [7, 11) is 0. The first-order valence-electron chi connectivity index (χ1n) is 23.6. The van der Waals surface area contributed by atoms with Crippen LogP contribution in [0.1, 0.15) is 168 Å². The van der Waals surface area contributed by atoms with Gasteiger partial charge in [0.2, 0.25) is 0 Å². The van der Waals surface area contributed by atoms with Crippen molar-refractivity contribution < 1.29 is 28.6 Å². The fourth-order valence-electron chi connectivity index (χ4n) is 11.2. The normalized spacial score (nSPS) is 26.6. The quantitative estimate of drug-likeness (QED) is 0.0371. The summed E-state index contributed by atoms with van der Waals surface area (Å²) < 4.78 is 17.5. The van der Waals surface area contributed by atoms with Crippen molar-refractivity contribution in [1.29, 1.82) is 0 Å². The van der Waals surface area contributed by atoms with Crippen molar-refractivity contribution in [2.24, 2.45) is 35.0 Å². The van der Waals surface area contributed by atoms with Gasteiger partial charge in [-0.25, -0.2) is 0 Å². The number of piperidine rings is 2. The zero-order valence-corrected chi connectivity index (χ0v) is 35.7. The maximum absolute atomic E-state index is 13.3. The van der Waals surface area contributed by atoms with Crippen LogP contribution in [0.25, 0.3) is 0 Å². The first-order chi connectivity index (χ1) is 27.3. The van der Waals surface area contributed by atoms with Crippen molar-refractivity contribution in [3.05, 3.63) is 24.3 Å². The van der Waals surface area contributed by atoms with Gasteiger partial charge in [0.1, 0.15) is 19.8 Å². The molecule has 1 atom stereocenters. The molecular formula is C48H80N2O6. The van der Waals surface area contributed by atoms with Crippen molar-refractivity contribution in [1.82, 2.24) is 9.80 Å². The number of esters is 3. The number of unbranched alkanes of at least 4 members (excludes halogenated alkanes) is 9. The molecule has 6 aliphatic rings. The summed E-state index contributed by atoms with van der Waals surface area (Å²) in [6.45, 7) is 10.1. The first kappa shape index (κ1) is 44.9. The molecule has 6 fully saturated rings. The number of nitrogens with zero attached hydrogens (tertiary/aromatic N) is 2. The monoisotopic (exact) mass is 781 g/mol. The molecule has 0 N–H and O–H groups in total. The molecule has 0 spiro atoms. The van der Waals surface area contributed by atoms with Crippen molar-refractivity contribution in [3.8, 4) is 0 Å². The smallest absolute Gasteiger partial charge is 0.309 e. The van der Waals surface area contributed by atoms with Crippen LogP contribution in [0.2, 0.25) is 0 Å². The lowest BCUT2D eigenvalue weighted by Gasteiger charge is -2.56. The number of carbonyl (C=O) groups excluding carboxylic acids is 3. The van der Waals surface area contributed by atoms with E-state index in [0.717, 1.165) is 82.3 Å². The van der Waals surface area contributed by atoms with E-state index < -0.39 is 0 Å². The van der Waals surface area contributed by atoms with Crippen LogP contribution in [0.15, 0.2) is 24.3 Å². The van der Waals surface area contributed by atoms with E-state index in [0.29, 0.717) is 18.9 Å².